The van der Waals surface area contributed by atoms with E-state index in [2.05, 4.69) is 15.5 Å². The molecule has 0 atom stereocenters. The number of carboxylic acid groups (broad SMARTS) is 1. The predicted octanol–water partition coefficient (Wildman–Crippen LogP) is -0.613. The van der Waals surface area contributed by atoms with Crippen molar-refractivity contribution in [3.8, 4) is 0 Å². The van der Waals surface area contributed by atoms with Crippen molar-refractivity contribution in [1.82, 2.24) is 0 Å². The van der Waals surface area contributed by atoms with Gasteiger partial charge in [-0.1, -0.05) is 0 Å². The molecule has 0 fully saturated rings. The van der Waals surface area contributed by atoms with Gasteiger partial charge in [-0.05, 0) is 0 Å². The third-order valence-corrected chi connectivity index (χ3v) is 0. The van der Waals surface area contributed by atoms with Crippen molar-refractivity contribution in [1.29, 1.82) is 0 Å². The Morgan fingerprint density at radius 2 is 1.80 bits per heavy atom. The van der Waals surface area contributed by atoms with Crippen LogP contribution in [0.5, 0.6) is 0 Å². The van der Waals surface area contributed by atoms with Gasteiger partial charge in [0, 0.05) is 0 Å². The Morgan fingerprint density at radius 3 is 1.80 bits per heavy atom. The maximum absolute atomic E-state index is 8.83. The average molecular weight is 122 g/mol. The Morgan fingerprint density at radius 1 is 1.80 bits per heavy atom. The second-order valence-corrected chi connectivity index (χ2v) is 0.649. The molecule has 0 saturated carbocycles. The van der Waals surface area contributed by atoms with Gasteiger partial charge in [-0.25, -0.2) is 0 Å². The molecule has 0 rings (SSSR count). The van der Waals surface area contributed by atoms with Crippen LogP contribution in [0.1, 0.15) is 0 Å². The quantitative estimate of drug-likeness (QED) is 0.435. The number of rotatable bonds is 0. The molecule has 4 heteroatoms. The summed E-state index contributed by atoms with van der Waals surface area (Å²) >= 11 is 3.29. The third-order valence-electron chi connectivity index (χ3n) is 0. The summed E-state index contributed by atoms with van der Waals surface area (Å²) in [5.74, 6) is 0. The fourth-order valence-electron chi connectivity index (χ4n) is 0. The van der Waals surface area contributed by atoms with Crippen LogP contribution in [0.4, 0.5) is 4.79 Å². The molecule has 0 unspecified atom stereocenters. The fourth-order valence-corrected chi connectivity index (χ4v) is 0. The minimum atomic E-state index is -1.21. The van der Waals surface area contributed by atoms with E-state index in [4.69, 9.17) is 9.90 Å². The van der Waals surface area contributed by atoms with E-state index in [1.165, 1.54) is 0 Å². The van der Waals surface area contributed by atoms with Gasteiger partial charge in [0.25, 0.3) is 0 Å². The number of carbonyl (C=O) groups is 1. The zero-order valence-electron chi connectivity index (χ0n) is 2.17. The van der Waals surface area contributed by atoms with E-state index in [0.29, 0.717) is 0 Å². The molecule has 5 heavy (non-hydrogen) atoms. The Bertz CT molecular complexity index is 29.9. The van der Waals surface area contributed by atoms with Gasteiger partial charge < -0.3 is 5.48 Å². The van der Waals surface area contributed by atoms with Gasteiger partial charge in [0.2, 0.25) is 0 Å². The summed E-state index contributed by atoms with van der Waals surface area (Å²) in [4.78, 5) is 7.63. The van der Waals surface area contributed by atoms with E-state index in [9.17, 15) is 0 Å². The summed E-state index contributed by atoms with van der Waals surface area (Å²) in [5.41, 5.74) is 0. The minimum absolute atomic E-state index is 0. The van der Waals surface area contributed by atoms with Crippen LogP contribution in [-0.4, -0.2) is 15.5 Å². The molecule has 3 N–H and O–H groups in total. The SMILES string of the molecule is O.O=[C](O)[Ni]. The van der Waals surface area contributed by atoms with E-state index < -0.39 is 4.94 Å². The van der Waals surface area contributed by atoms with Crippen LogP contribution >= 0.6 is 0 Å². The van der Waals surface area contributed by atoms with Crippen LogP contribution in [0.3, 0.4) is 0 Å². The van der Waals surface area contributed by atoms with Crippen molar-refractivity contribution < 1.29 is 30.8 Å². The van der Waals surface area contributed by atoms with E-state index in [0.717, 1.165) is 0 Å². The Hall–Kier alpha value is -0.0765. The van der Waals surface area contributed by atoms with E-state index in [-0.39, 0.29) is 5.48 Å². The summed E-state index contributed by atoms with van der Waals surface area (Å²) in [6, 6.07) is 0. The summed E-state index contributed by atoms with van der Waals surface area (Å²) in [7, 11) is 0. The molecular weight excluding hydrogens is 119 g/mol. The topological polar surface area (TPSA) is 68.8 Å². The van der Waals surface area contributed by atoms with Crippen molar-refractivity contribution in [2.24, 2.45) is 0 Å². The van der Waals surface area contributed by atoms with Crippen LogP contribution < -0.4 is 0 Å². The monoisotopic (exact) mass is 121 g/mol. The van der Waals surface area contributed by atoms with E-state index in [1.54, 1.807) is 0 Å². The number of hydrogen-bond acceptors (Lipinski definition) is 1. The van der Waals surface area contributed by atoms with Crippen molar-refractivity contribution in [2.45, 2.75) is 0 Å². The second kappa shape index (κ2) is 3.92. The van der Waals surface area contributed by atoms with E-state index >= 15 is 0 Å². The molecule has 0 bridgehead atoms. The molecule has 0 radical (unpaired) electrons. The normalized spacial score (nSPS) is 5.20. The van der Waals surface area contributed by atoms with Gasteiger partial charge in [0.15, 0.2) is 0 Å². The van der Waals surface area contributed by atoms with Crippen LogP contribution in [0.15, 0.2) is 0 Å². The maximum atomic E-state index is 8.83. The zero-order valence-corrected chi connectivity index (χ0v) is 3.16. The molecule has 0 aromatic carbocycles. The second-order valence-electron chi connectivity index (χ2n) is 0.227. The molecule has 0 aromatic rings. The van der Waals surface area contributed by atoms with Crippen molar-refractivity contribution in [2.75, 3.05) is 0 Å². The number of hydrogen-bond donors (Lipinski definition) is 1. The first kappa shape index (κ1) is 8.87. The molecule has 0 aliphatic carbocycles. The molecular formula is CH3NiO3. The Kier molecular flexibility index (Phi) is 6.96. The average Bonchev–Trinajstić information content (AvgIpc) is 0.811. The van der Waals surface area contributed by atoms with Gasteiger partial charge in [0.05, 0.1) is 0 Å². The molecule has 0 saturated heterocycles. The summed E-state index contributed by atoms with van der Waals surface area (Å²) in [6.07, 6.45) is 0. The van der Waals surface area contributed by atoms with Gasteiger partial charge in [-0.2, -0.15) is 0 Å². The van der Waals surface area contributed by atoms with Gasteiger partial charge >= 0.3 is 30.3 Å². The first-order chi connectivity index (χ1) is 1.73. The van der Waals surface area contributed by atoms with Crippen LogP contribution in [0.2, 0.25) is 0 Å². The summed E-state index contributed by atoms with van der Waals surface area (Å²) in [5, 5.41) is 7.25. The molecule has 35 valence electrons. The molecule has 0 aliphatic rings. The molecule has 0 heterocycles. The van der Waals surface area contributed by atoms with Crippen LogP contribution in [-0.2, 0) is 15.5 Å². The Balaban J connectivity index is 0. The van der Waals surface area contributed by atoms with Crippen molar-refractivity contribution in [3.63, 3.8) is 0 Å². The van der Waals surface area contributed by atoms with Gasteiger partial charge in [-0.3, -0.25) is 0 Å². The van der Waals surface area contributed by atoms with Crippen LogP contribution in [0, 0.1) is 0 Å². The standard InChI is InChI=1S/CHO2.Ni.H2O/c2-1-3;;/h(H,2,3);;1H2. The molecule has 0 aliphatic heterocycles. The fraction of sp³-hybridized carbons (Fsp3) is 0. The van der Waals surface area contributed by atoms with Crippen LogP contribution in [0.25, 0.3) is 0 Å². The Labute approximate surface area is 36.7 Å². The summed E-state index contributed by atoms with van der Waals surface area (Å²) < 4.78 is 0. The molecule has 0 amide bonds. The first-order valence-electron chi connectivity index (χ1n) is 0.586. The van der Waals surface area contributed by atoms with Crippen molar-refractivity contribution in [3.05, 3.63) is 0 Å². The first-order valence-corrected chi connectivity index (χ1v) is 1.08. The molecule has 0 spiro atoms. The van der Waals surface area contributed by atoms with E-state index in [1.807, 2.05) is 0 Å². The predicted molar refractivity (Wildman–Crippen MR) is 11.6 cm³/mol. The zero-order chi connectivity index (χ0) is 3.58. The molecule has 3 nitrogen and oxygen atoms in total. The van der Waals surface area contributed by atoms with Gasteiger partial charge in [0.1, 0.15) is 0 Å². The van der Waals surface area contributed by atoms with Gasteiger partial charge in [-0.15, -0.1) is 0 Å². The van der Waals surface area contributed by atoms with Crippen molar-refractivity contribution >= 4 is 4.94 Å². The molecule has 0 aromatic heterocycles. The third kappa shape index (κ3) is 2480. The summed E-state index contributed by atoms with van der Waals surface area (Å²) in [6.45, 7) is 0.